The van der Waals surface area contributed by atoms with Gasteiger partial charge in [0.25, 0.3) is 0 Å². The van der Waals surface area contributed by atoms with Crippen LogP contribution in [0.1, 0.15) is 38.2 Å². The molecular weight excluding hydrogens is 192 g/mol. The van der Waals surface area contributed by atoms with E-state index in [0.29, 0.717) is 5.38 Å². The molecule has 1 aromatic carbocycles. The van der Waals surface area contributed by atoms with E-state index < -0.39 is 0 Å². The minimum Gasteiger partial charge on any atom is -0.123 e. The molecule has 0 amide bonds. The average molecular weight is 211 g/mol. The Morgan fingerprint density at radius 2 is 1.86 bits per heavy atom. The Kier molecular flexibility index (Phi) is 5.70. The molecular formula is C13H19Cl. The van der Waals surface area contributed by atoms with E-state index in [4.69, 9.17) is 11.6 Å². The molecule has 0 N–H and O–H groups in total. The minimum absolute atomic E-state index is 0.309. The number of rotatable bonds is 6. The fourth-order valence-electron chi connectivity index (χ4n) is 1.59. The van der Waals surface area contributed by atoms with Crippen molar-refractivity contribution in [3.05, 3.63) is 35.9 Å². The maximum absolute atomic E-state index is 6.25. The SMILES string of the molecule is CCCCCC(Cl)Cc1ccccc1. The first-order chi connectivity index (χ1) is 6.83. The van der Waals surface area contributed by atoms with Crippen molar-refractivity contribution in [2.24, 2.45) is 0 Å². The second-order valence-corrected chi connectivity index (χ2v) is 4.40. The van der Waals surface area contributed by atoms with Crippen molar-refractivity contribution in [3.63, 3.8) is 0 Å². The molecule has 0 aromatic heterocycles. The molecule has 0 bridgehead atoms. The molecule has 0 spiro atoms. The van der Waals surface area contributed by atoms with Gasteiger partial charge in [-0.2, -0.15) is 0 Å². The molecule has 0 nitrogen and oxygen atoms in total. The first kappa shape index (κ1) is 11.6. The predicted octanol–water partition coefficient (Wildman–Crippen LogP) is 4.42. The van der Waals surface area contributed by atoms with Crippen LogP contribution in [0.5, 0.6) is 0 Å². The molecule has 1 unspecified atom stereocenters. The van der Waals surface area contributed by atoms with E-state index in [1.165, 1.54) is 24.8 Å². The summed E-state index contributed by atoms with van der Waals surface area (Å²) in [7, 11) is 0. The predicted molar refractivity (Wildman–Crippen MR) is 63.9 cm³/mol. The van der Waals surface area contributed by atoms with E-state index in [1.807, 2.05) is 6.07 Å². The molecule has 0 radical (unpaired) electrons. The Morgan fingerprint density at radius 3 is 2.50 bits per heavy atom. The molecule has 0 fully saturated rings. The molecule has 1 aromatic rings. The van der Waals surface area contributed by atoms with Gasteiger partial charge in [0.05, 0.1) is 0 Å². The van der Waals surface area contributed by atoms with Gasteiger partial charge in [-0.3, -0.25) is 0 Å². The highest BCUT2D eigenvalue weighted by Crippen LogP contribution is 2.14. The van der Waals surface area contributed by atoms with Crippen LogP contribution in [0.15, 0.2) is 30.3 Å². The lowest BCUT2D eigenvalue weighted by atomic mass is 10.1. The smallest absolute Gasteiger partial charge is 0.0376 e. The zero-order chi connectivity index (χ0) is 10.2. The van der Waals surface area contributed by atoms with E-state index >= 15 is 0 Å². The van der Waals surface area contributed by atoms with Crippen LogP contribution in [-0.2, 0) is 6.42 Å². The van der Waals surface area contributed by atoms with Crippen molar-refractivity contribution in [1.82, 2.24) is 0 Å². The van der Waals surface area contributed by atoms with Crippen LogP contribution >= 0.6 is 11.6 Å². The third kappa shape index (κ3) is 4.66. The van der Waals surface area contributed by atoms with Gasteiger partial charge >= 0.3 is 0 Å². The van der Waals surface area contributed by atoms with Gasteiger partial charge in [0.15, 0.2) is 0 Å². The monoisotopic (exact) mass is 210 g/mol. The molecule has 1 rings (SSSR count). The molecule has 78 valence electrons. The highest BCUT2D eigenvalue weighted by molar-refractivity contribution is 6.20. The van der Waals surface area contributed by atoms with E-state index in [1.54, 1.807) is 0 Å². The molecule has 0 aliphatic rings. The topological polar surface area (TPSA) is 0 Å². The maximum atomic E-state index is 6.25. The summed E-state index contributed by atoms with van der Waals surface area (Å²) in [6.45, 7) is 2.22. The first-order valence-corrected chi connectivity index (χ1v) is 5.94. The second kappa shape index (κ2) is 6.89. The Bertz CT molecular complexity index is 230. The quantitative estimate of drug-likeness (QED) is 0.482. The Labute approximate surface area is 92.3 Å². The zero-order valence-electron chi connectivity index (χ0n) is 8.88. The maximum Gasteiger partial charge on any atom is 0.0376 e. The summed E-state index contributed by atoms with van der Waals surface area (Å²) < 4.78 is 0. The van der Waals surface area contributed by atoms with Gasteiger partial charge in [-0.1, -0.05) is 56.5 Å². The number of hydrogen-bond donors (Lipinski definition) is 0. The lowest BCUT2D eigenvalue weighted by molar-refractivity contribution is 0.638. The van der Waals surface area contributed by atoms with E-state index in [-0.39, 0.29) is 0 Å². The van der Waals surface area contributed by atoms with Crippen LogP contribution in [0, 0.1) is 0 Å². The van der Waals surface area contributed by atoms with Gasteiger partial charge < -0.3 is 0 Å². The molecule has 0 aliphatic carbocycles. The van der Waals surface area contributed by atoms with Gasteiger partial charge in [0.1, 0.15) is 0 Å². The number of halogens is 1. The summed E-state index contributed by atoms with van der Waals surface area (Å²) in [6.07, 6.45) is 5.99. The summed E-state index contributed by atoms with van der Waals surface area (Å²) in [6, 6.07) is 10.5. The largest absolute Gasteiger partial charge is 0.123 e. The van der Waals surface area contributed by atoms with E-state index in [9.17, 15) is 0 Å². The van der Waals surface area contributed by atoms with Gasteiger partial charge in [0, 0.05) is 5.38 Å². The molecule has 0 aliphatic heterocycles. The summed E-state index contributed by atoms with van der Waals surface area (Å²) in [4.78, 5) is 0. The molecule has 1 atom stereocenters. The zero-order valence-corrected chi connectivity index (χ0v) is 9.63. The molecule has 1 heteroatoms. The van der Waals surface area contributed by atoms with Gasteiger partial charge in [-0.25, -0.2) is 0 Å². The Morgan fingerprint density at radius 1 is 1.14 bits per heavy atom. The number of alkyl halides is 1. The Hall–Kier alpha value is -0.490. The Balaban J connectivity index is 2.23. The van der Waals surface area contributed by atoms with Crippen LogP contribution in [0.4, 0.5) is 0 Å². The first-order valence-electron chi connectivity index (χ1n) is 5.51. The lowest BCUT2D eigenvalue weighted by Gasteiger charge is -2.08. The highest BCUT2D eigenvalue weighted by atomic mass is 35.5. The fraction of sp³-hybridized carbons (Fsp3) is 0.538. The molecule has 0 saturated carbocycles. The van der Waals surface area contributed by atoms with Crippen molar-refractivity contribution >= 4 is 11.6 Å². The normalized spacial score (nSPS) is 12.7. The summed E-state index contributed by atoms with van der Waals surface area (Å²) >= 11 is 6.25. The van der Waals surface area contributed by atoms with Crippen molar-refractivity contribution < 1.29 is 0 Å². The third-order valence-corrected chi connectivity index (χ3v) is 2.79. The van der Waals surface area contributed by atoms with E-state index in [2.05, 4.69) is 31.2 Å². The van der Waals surface area contributed by atoms with Crippen molar-refractivity contribution in [2.45, 2.75) is 44.4 Å². The van der Waals surface area contributed by atoms with Crippen LogP contribution in [-0.4, -0.2) is 5.38 Å². The fourth-order valence-corrected chi connectivity index (χ4v) is 1.92. The second-order valence-electron chi connectivity index (χ2n) is 3.78. The van der Waals surface area contributed by atoms with Gasteiger partial charge in [-0.05, 0) is 18.4 Å². The van der Waals surface area contributed by atoms with Crippen LogP contribution in [0.2, 0.25) is 0 Å². The average Bonchev–Trinajstić information content (AvgIpc) is 2.20. The van der Waals surface area contributed by atoms with Gasteiger partial charge in [-0.15, -0.1) is 11.6 Å². The summed E-state index contributed by atoms with van der Waals surface area (Å²) in [5.41, 5.74) is 1.35. The molecule has 0 heterocycles. The van der Waals surface area contributed by atoms with E-state index in [0.717, 1.165) is 12.8 Å². The number of unbranched alkanes of at least 4 members (excludes halogenated alkanes) is 2. The van der Waals surface area contributed by atoms with Crippen LogP contribution in [0.25, 0.3) is 0 Å². The summed E-state index contributed by atoms with van der Waals surface area (Å²) in [5, 5.41) is 0.309. The molecule has 0 saturated heterocycles. The van der Waals surface area contributed by atoms with Crippen molar-refractivity contribution in [3.8, 4) is 0 Å². The van der Waals surface area contributed by atoms with Crippen LogP contribution < -0.4 is 0 Å². The number of hydrogen-bond acceptors (Lipinski definition) is 0. The lowest BCUT2D eigenvalue weighted by Crippen LogP contribution is -2.02. The third-order valence-electron chi connectivity index (χ3n) is 2.42. The van der Waals surface area contributed by atoms with Crippen molar-refractivity contribution in [2.75, 3.05) is 0 Å². The standard InChI is InChI=1S/C13H19Cl/c1-2-3-5-10-13(14)11-12-8-6-4-7-9-12/h4,6-9,13H,2-3,5,10-11H2,1H3. The van der Waals surface area contributed by atoms with Crippen molar-refractivity contribution in [1.29, 1.82) is 0 Å². The molecule has 14 heavy (non-hydrogen) atoms. The van der Waals surface area contributed by atoms with Crippen LogP contribution in [0.3, 0.4) is 0 Å². The number of benzene rings is 1. The van der Waals surface area contributed by atoms with Gasteiger partial charge in [0.2, 0.25) is 0 Å². The highest BCUT2D eigenvalue weighted by Gasteiger charge is 2.04. The summed E-state index contributed by atoms with van der Waals surface area (Å²) in [5.74, 6) is 0. The minimum atomic E-state index is 0.309.